The summed E-state index contributed by atoms with van der Waals surface area (Å²) in [5.41, 5.74) is 4.09. The zero-order valence-electron chi connectivity index (χ0n) is 14.0. The first-order chi connectivity index (χ1) is 11.5. The van der Waals surface area contributed by atoms with Crippen LogP contribution in [0.5, 0.6) is 0 Å². The molecule has 1 saturated carbocycles. The Kier molecular flexibility index (Phi) is 4.70. The molecule has 0 unspecified atom stereocenters. The van der Waals surface area contributed by atoms with Crippen LogP contribution < -0.4 is 0 Å². The molecular formula is C21H21NO2. The molecule has 0 saturated heterocycles. The number of benzene rings is 2. The number of nitrogens with zero attached hydrogens (tertiary/aromatic N) is 1. The van der Waals surface area contributed by atoms with Gasteiger partial charge >= 0.3 is 0 Å². The number of aryl methyl sites for hydroxylation is 2. The molecule has 0 aromatic heterocycles. The molecular weight excluding hydrogens is 298 g/mol. The van der Waals surface area contributed by atoms with Crippen LogP contribution in [0, 0.1) is 19.8 Å². The van der Waals surface area contributed by atoms with Crippen molar-refractivity contribution in [1.29, 1.82) is 0 Å². The third-order valence-corrected chi connectivity index (χ3v) is 4.44. The first kappa shape index (κ1) is 16.3. The normalized spacial score (nSPS) is 21.4. The minimum Gasteiger partial charge on any atom is -0.298 e. The van der Waals surface area contributed by atoms with Gasteiger partial charge in [0.05, 0.1) is 5.69 Å². The smallest absolute Gasteiger partial charge is 0.149 e. The van der Waals surface area contributed by atoms with Crippen LogP contribution in [-0.4, -0.2) is 17.8 Å². The quantitative estimate of drug-likeness (QED) is 0.624. The Hall–Kier alpha value is -2.55. The summed E-state index contributed by atoms with van der Waals surface area (Å²) in [5, 5.41) is 0. The molecule has 0 N–H and O–H groups in total. The maximum atomic E-state index is 12.4. The van der Waals surface area contributed by atoms with Gasteiger partial charge < -0.3 is 0 Å². The van der Waals surface area contributed by atoms with Gasteiger partial charge in [0.2, 0.25) is 0 Å². The molecule has 2 aromatic rings. The van der Waals surface area contributed by atoms with E-state index in [0.29, 0.717) is 12.8 Å². The second kappa shape index (κ2) is 6.91. The van der Waals surface area contributed by atoms with Crippen molar-refractivity contribution in [1.82, 2.24) is 0 Å². The van der Waals surface area contributed by atoms with Gasteiger partial charge in [0.15, 0.2) is 0 Å². The second-order valence-electron chi connectivity index (χ2n) is 6.55. The minimum absolute atomic E-state index is 0.00272. The average Bonchev–Trinajstić information content (AvgIpc) is 2.54. The highest BCUT2D eigenvalue weighted by Gasteiger charge is 2.34. The Balaban J connectivity index is 1.75. The van der Waals surface area contributed by atoms with Gasteiger partial charge in [-0.05, 0) is 48.6 Å². The maximum absolute atomic E-state index is 12.4. The van der Waals surface area contributed by atoms with Gasteiger partial charge in [0.25, 0.3) is 0 Å². The van der Waals surface area contributed by atoms with Crippen LogP contribution in [0.4, 0.5) is 5.69 Å². The van der Waals surface area contributed by atoms with Gasteiger partial charge in [0, 0.05) is 19.1 Å². The zero-order valence-corrected chi connectivity index (χ0v) is 14.0. The molecule has 0 heterocycles. The molecule has 0 atom stereocenters. The summed E-state index contributed by atoms with van der Waals surface area (Å²) in [7, 11) is 0. The van der Waals surface area contributed by atoms with Crippen molar-refractivity contribution in [3.05, 3.63) is 65.2 Å². The lowest BCUT2D eigenvalue weighted by Crippen LogP contribution is -2.33. The number of ketones is 2. The van der Waals surface area contributed by atoms with Crippen LogP contribution in [-0.2, 0) is 9.59 Å². The number of Topliss-reactive ketones (excluding diaryl/α,β-unsaturated/α-hetero) is 2. The Morgan fingerprint density at radius 2 is 1.50 bits per heavy atom. The molecule has 1 fully saturated rings. The summed E-state index contributed by atoms with van der Waals surface area (Å²) in [6, 6.07) is 15.8. The summed E-state index contributed by atoms with van der Waals surface area (Å²) < 4.78 is 0. The molecule has 1 aliphatic rings. The van der Waals surface area contributed by atoms with Gasteiger partial charge in [-0.25, -0.2) is 0 Å². The fraction of sp³-hybridized carbons (Fsp3) is 0.286. The van der Waals surface area contributed by atoms with E-state index in [1.54, 1.807) is 0 Å². The van der Waals surface area contributed by atoms with E-state index in [1.807, 2.05) is 56.3 Å². The maximum Gasteiger partial charge on any atom is 0.149 e. The largest absolute Gasteiger partial charge is 0.298 e. The van der Waals surface area contributed by atoms with Crippen LogP contribution in [0.2, 0.25) is 0 Å². The minimum atomic E-state index is -0.703. The number of carbonyl (C=O) groups excluding carboxylic acids is 2. The van der Waals surface area contributed by atoms with E-state index in [-0.39, 0.29) is 17.5 Å². The molecule has 122 valence electrons. The average molecular weight is 319 g/mol. The van der Waals surface area contributed by atoms with Crippen LogP contribution in [0.1, 0.15) is 35.4 Å². The molecule has 1 aliphatic carbocycles. The van der Waals surface area contributed by atoms with Gasteiger partial charge in [-0.2, -0.15) is 0 Å². The fourth-order valence-electron chi connectivity index (χ4n) is 3.30. The summed E-state index contributed by atoms with van der Waals surface area (Å²) in [4.78, 5) is 29.2. The zero-order chi connectivity index (χ0) is 17.1. The standard InChI is InChI=1S/C21H21NO2/c1-14-8-15(2)10-18(9-14)22-13-19-20(23)11-17(12-21(19)24)16-6-4-3-5-7-16/h3-10,13,17,19H,11-12H2,1-2H3. The molecule has 24 heavy (non-hydrogen) atoms. The van der Waals surface area contributed by atoms with E-state index in [9.17, 15) is 9.59 Å². The molecule has 3 nitrogen and oxygen atoms in total. The number of rotatable bonds is 3. The SMILES string of the molecule is Cc1cc(C)cc(N=CC2C(=O)CC(c3ccccc3)CC2=O)c1. The van der Waals surface area contributed by atoms with E-state index in [0.717, 1.165) is 22.4 Å². The summed E-state index contributed by atoms with van der Waals surface area (Å²) >= 11 is 0. The number of hydrogen-bond donors (Lipinski definition) is 0. The monoisotopic (exact) mass is 319 g/mol. The van der Waals surface area contributed by atoms with E-state index >= 15 is 0 Å². The Labute approximate surface area is 142 Å². The second-order valence-corrected chi connectivity index (χ2v) is 6.55. The Morgan fingerprint density at radius 3 is 2.08 bits per heavy atom. The van der Waals surface area contributed by atoms with E-state index in [2.05, 4.69) is 11.1 Å². The highest BCUT2D eigenvalue weighted by molar-refractivity contribution is 6.16. The summed E-state index contributed by atoms with van der Waals surface area (Å²) in [5.74, 6) is -0.774. The Morgan fingerprint density at radius 1 is 0.917 bits per heavy atom. The van der Waals surface area contributed by atoms with Crippen molar-refractivity contribution in [3.8, 4) is 0 Å². The highest BCUT2D eigenvalue weighted by Crippen LogP contribution is 2.31. The number of hydrogen-bond acceptors (Lipinski definition) is 3. The van der Waals surface area contributed by atoms with E-state index in [1.165, 1.54) is 6.21 Å². The molecule has 0 radical (unpaired) electrons. The fourth-order valence-corrected chi connectivity index (χ4v) is 3.30. The molecule has 0 amide bonds. The van der Waals surface area contributed by atoms with Gasteiger partial charge in [-0.15, -0.1) is 0 Å². The lowest BCUT2D eigenvalue weighted by atomic mass is 9.77. The lowest BCUT2D eigenvalue weighted by molar-refractivity contribution is -0.133. The van der Waals surface area contributed by atoms with E-state index in [4.69, 9.17) is 0 Å². The summed E-state index contributed by atoms with van der Waals surface area (Å²) in [6.07, 6.45) is 2.33. The highest BCUT2D eigenvalue weighted by atomic mass is 16.2. The predicted molar refractivity (Wildman–Crippen MR) is 96.0 cm³/mol. The molecule has 3 rings (SSSR count). The van der Waals surface area contributed by atoms with Crippen LogP contribution in [0.15, 0.2) is 53.5 Å². The van der Waals surface area contributed by atoms with Crippen molar-refractivity contribution in [3.63, 3.8) is 0 Å². The third kappa shape index (κ3) is 3.67. The van der Waals surface area contributed by atoms with Crippen molar-refractivity contribution < 1.29 is 9.59 Å². The van der Waals surface area contributed by atoms with Gasteiger partial charge in [-0.3, -0.25) is 14.6 Å². The third-order valence-electron chi connectivity index (χ3n) is 4.44. The van der Waals surface area contributed by atoms with Crippen molar-refractivity contribution in [2.24, 2.45) is 10.9 Å². The molecule has 0 spiro atoms. The Bertz CT molecular complexity index is 754. The first-order valence-corrected chi connectivity index (χ1v) is 8.26. The molecule has 0 bridgehead atoms. The molecule has 0 aliphatic heterocycles. The van der Waals surface area contributed by atoms with Crippen LogP contribution in [0.25, 0.3) is 0 Å². The first-order valence-electron chi connectivity index (χ1n) is 8.26. The molecule has 2 aromatic carbocycles. The van der Waals surface area contributed by atoms with Crippen molar-refractivity contribution in [2.75, 3.05) is 0 Å². The number of aliphatic imine (C=N–C) groups is 1. The van der Waals surface area contributed by atoms with Crippen LogP contribution in [0.3, 0.4) is 0 Å². The van der Waals surface area contributed by atoms with Crippen molar-refractivity contribution >= 4 is 23.5 Å². The lowest BCUT2D eigenvalue weighted by Gasteiger charge is -2.24. The number of carbonyl (C=O) groups is 2. The predicted octanol–water partition coefficient (Wildman–Crippen LogP) is 4.34. The van der Waals surface area contributed by atoms with Gasteiger partial charge in [-0.1, -0.05) is 36.4 Å². The topological polar surface area (TPSA) is 46.5 Å². The van der Waals surface area contributed by atoms with Gasteiger partial charge in [0.1, 0.15) is 17.5 Å². The van der Waals surface area contributed by atoms with E-state index < -0.39 is 5.92 Å². The van der Waals surface area contributed by atoms with Crippen LogP contribution >= 0.6 is 0 Å². The molecule has 3 heteroatoms. The van der Waals surface area contributed by atoms with Crippen molar-refractivity contribution in [2.45, 2.75) is 32.6 Å². The summed E-state index contributed by atoms with van der Waals surface area (Å²) in [6.45, 7) is 4.01.